The van der Waals surface area contributed by atoms with E-state index < -0.39 is 10.0 Å². The van der Waals surface area contributed by atoms with E-state index in [0.717, 1.165) is 30.4 Å². The van der Waals surface area contributed by atoms with E-state index in [1.807, 2.05) is 13.0 Å². The summed E-state index contributed by atoms with van der Waals surface area (Å²) in [5.74, 6) is 0.317. The van der Waals surface area contributed by atoms with Crippen LogP contribution < -0.4 is 5.32 Å². The Labute approximate surface area is 154 Å². The van der Waals surface area contributed by atoms with Gasteiger partial charge in [-0.2, -0.15) is 4.31 Å². The van der Waals surface area contributed by atoms with Gasteiger partial charge in [-0.25, -0.2) is 13.4 Å². The van der Waals surface area contributed by atoms with Crippen LogP contribution in [0.5, 0.6) is 0 Å². The van der Waals surface area contributed by atoms with Gasteiger partial charge in [0.15, 0.2) is 0 Å². The molecular formula is C19H23N3O3S. The lowest BCUT2D eigenvalue weighted by Crippen LogP contribution is -2.35. The molecule has 0 aliphatic carbocycles. The van der Waals surface area contributed by atoms with Crippen molar-refractivity contribution < 1.29 is 13.2 Å². The fraction of sp³-hybridized carbons (Fsp3) is 0.368. The van der Waals surface area contributed by atoms with Crippen LogP contribution in [0.3, 0.4) is 0 Å². The van der Waals surface area contributed by atoms with Gasteiger partial charge in [-0.3, -0.25) is 4.79 Å². The molecule has 1 N–H and O–H groups in total. The number of hydrogen-bond donors (Lipinski definition) is 1. The van der Waals surface area contributed by atoms with Gasteiger partial charge in [0.2, 0.25) is 15.9 Å². The van der Waals surface area contributed by atoms with Crippen molar-refractivity contribution >= 4 is 21.7 Å². The molecule has 1 aliphatic rings. The number of pyridine rings is 1. The number of nitrogens with one attached hydrogen (secondary N) is 1. The van der Waals surface area contributed by atoms with Crippen LogP contribution in [0, 0.1) is 6.92 Å². The minimum Gasteiger partial charge on any atom is -0.310 e. The van der Waals surface area contributed by atoms with Crippen LogP contribution in [0.1, 0.15) is 30.4 Å². The van der Waals surface area contributed by atoms with E-state index in [4.69, 9.17) is 0 Å². The highest BCUT2D eigenvalue weighted by Crippen LogP contribution is 2.21. The van der Waals surface area contributed by atoms with Crippen molar-refractivity contribution in [2.24, 2.45) is 0 Å². The molecule has 1 saturated heterocycles. The summed E-state index contributed by atoms with van der Waals surface area (Å²) in [6, 6.07) is 10.2. The standard InChI is InChI=1S/C19H23N3O3S/c1-15-5-10-18(20-14-15)21-19(23)13-16-6-8-17(9-7-16)26(24,25)22-11-3-2-4-12-22/h5-10,14H,2-4,11-13H2,1H3,(H,20,21,23). The van der Waals surface area contributed by atoms with Gasteiger partial charge in [-0.1, -0.05) is 24.6 Å². The zero-order valence-electron chi connectivity index (χ0n) is 14.8. The number of carbonyl (C=O) groups is 1. The normalized spacial score (nSPS) is 15.6. The molecule has 1 amide bonds. The highest BCUT2D eigenvalue weighted by atomic mass is 32.2. The predicted molar refractivity (Wildman–Crippen MR) is 100 cm³/mol. The molecule has 7 heteroatoms. The summed E-state index contributed by atoms with van der Waals surface area (Å²) >= 11 is 0. The number of hydrogen-bond acceptors (Lipinski definition) is 4. The third-order valence-electron chi connectivity index (χ3n) is 4.42. The highest BCUT2D eigenvalue weighted by molar-refractivity contribution is 7.89. The van der Waals surface area contributed by atoms with Gasteiger partial charge < -0.3 is 5.32 Å². The molecule has 0 atom stereocenters. The van der Waals surface area contributed by atoms with Gasteiger partial charge in [-0.15, -0.1) is 0 Å². The Bertz CT molecular complexity index is 856. The minimum absolute atomic E-state index is 0.166. The fourth-order valence-electron chi connectivity index (χ4n) is 2.95. The first kappa shape index (κ1) is 18.5. The summed E-state index contributed by atoms with van der Waals surface area (Å²) in [5.41, 5.74) is 1.78. The zero-order valence-corrected chi connectivity index (χ0v) is 15.6. The van der Waals surface area contributed by atoms with Crippen LogP contribution >= 0.6 is 0 Å². The van der Waals surface area contributed by atoms with Crippen LogP contribution in [-0.4, -0.2) is 36.7 Å². The molecule has 0 saturated carbocycles. The number of aromatic nitrogens is 1. The second-order valence-electron chi connectivity index (χ2n) is 6.55. The third-order valence-corrected chi connectivity index (χ3v) is 6.33. The molecule has 1 fully saturated rings. The van der Waals surface area contributed by atoms with Crippen molar-refractivity contribution in [3.8, 4) is 0 Å². The lowest BCUT2D eigenvalue weighted by atomic mass is 10.1. The number of carbonyl (C=O) groups excluding carboxylic acids is 1. The number of rotatable bonds is 5. The maximum atomic E-state index is 12.6. The van der Waals surface area contributed by atoms with E-state index in [-0.39, 0.29) is 17.2 Å². The molecule has 1 aromatic heterocycles. The SMILES string of the molecule is Cc1ccc(NC(=O)Cc2ccc(S(=O)(=O)N3CCCCC3)cc2)nc1. The van der Waals surface area contributed by atoms with Crippen LogP contribution in [0.4, 0.5) is 5.82 Å². The Hall–Kier alpha value is -2.25. The number of nitrogens with zero attached hydrogens (tertiary/aromatic N) is 2. The molecule has 138 valence electrons. The number of sulfonamides is 1. The van der Waals surface area contributed by atoms with Gasteiger partial charge in [-0.05, 0) is 49.1 Å². The van der Waals surface area contributed by atoms with Crippen LogP contribution in [0.25, 0.3) is 0 Å². The molecule has 1 aliphatic heterocycles. The molecule has 26 heavy (non-hydrogen) atoms. The maximum absolute atomic E-state index is 12.6. The topological polar surface area (TPSA) is 79.4 Å². The summed E-state index contributed by atoms with van der Waals surface area (Å²) in [5, 5.41) is 2.74. The molecule has 0 unspecified atom stereocenters. The summed E-state index contributed by atoms with van der Waals surface area (Å²) in [6.07, 6.45) is 4.75. The van der Waals surface area contributed by atoms with Gasteiger partial charge in [0.05, 0.1) is 11.3 Å². The van der Waals surface area contributed by atoms with Crippen LogP contribution in [-0.2, 0) is 21.2 Å². The first-order valence-electron chi connectivity index (χ1n) is 8.77. The smallest absolute Gasteiger partial charge is 0.243 e. The van der Waals surface area contributed by atoms with Crippen molar-refractivity contribution in [1.82, 2.24) is 9.29 Å². The number of piperidine rings is 1. The van der Waals surface area contributed by atoms with E-state index in [1.54, 1.807) is 40.8 Å². The first-order valence-corrected chi connectivity index (χ1v) is 10.2. The van der Waals surface area contributed by atoms with E-state index >= 15 is 0 Å². The molecule has 1 aromatic carbocycles. The van der Waals surface area contributed by atoms with Crippen molar-refractivity contribution in [2.45, 2.75) is 37.5 Å². The van der Waals surface area contributed by atoms with Crippen molar-refractivity contribution in [2.75, 3.05) is 18.4 Å². The quantitative estimate of drug-likeness (QED) is 0.874. The molecule has 6 nitrogen and oxygen atoms in total. The summed E-state index contributed by atoms with van der Waals surface area (Å²) < 4.78 is 26.8. The van der Waals surface area contributed by atoms with Gasteiger partial charge in [0.25, 0.3) is 0 Å². The molecule has 0 radical (unpaired) electrons. The number of amides is 1. The Morgan fingerprint density at radius 1 is 1.08 bits per heavy atom. The van der Waals surface area contributed by atoms with Gasteiger partial charge >= 0.3 is 0 Å². The Morgan fingerprint density at radius 3 is 2.38 bits per heavy atom. The van der Waals surface area contributed by atoms with Gasteiger partial charge in [0.1, 0.15) is 5.82 Å². The Morgan fingerprint density at radius 2 is 1.77 bits per heavy atom. The molecule has 3 rings (SSSR count). The lowest BCUT2D eigenvalue weighted by molar-refractivity contribution is -0.115. The molecule has 0 spiro atoms. The van der Waals surface area contributed by atoms with Gasteiger partial charge in [0, 0.05) is 19.3 Å². The van der Waals surface area contributed by atoms with E-state index in [2.05, 4.69) is 10.3 Å². The van der Waals surface area contributed by atoms with Crippen LogP contribution in [0.15, 0.2) is 47.5 Å². The first-order chi connectivity index (χ1) is 12.4. The Balaban J connectivity index is 1.63. The fourth-order valence-corrected chi connectivity index (χ4v) is 4.46. The molecular weight excluding hydrogens is 350 g/mol. The molecule has 0 bridgehead atoms. The maximum Gasteiger partial charge on any atom is 0.243 e. The predicted octanol–water partition coefficient (Wildman–Crippen LogP) is 2.75. The third kappa shape index (κ3) is 4.47. The largest absolute Gasteiger partial charge is 0.310 e. The second kappa shape index (κ2) is 7.97. The Kier molecular flexibility index (Phi) is 5.68. The molecule has 2 heterocycles. The molecule has 2 aromatic rings. The number of aryl methyl sites for hydroxylation is 1. The average molecular weight is 373 g/mol. The van der Waals surface area contributed by atoms with E-state index in [9.17, 15) is 13.2 Å². The lowest BCUT2D eigenvalue weighted by Gasteiger charge is -2.25. The summed E-state index contributed by atoms with van der Waals surface area (Å²) in [4.78, 5) is 16.5. The van der Waals surface area contributed by atoms with E-state index in [0.29, 0.717) is 18.9 Å². The van der Waals surface area contributed by atoms with Crippen LogP contribution in [0.2, 0.25) is 0 Å². The van der Waals surface area contributed by atoms with Crippen molar-refractivity contribution in [3.63, 3.8) is 0 Å². The highest BCUT2D eigenvalue weighted by Gasteiger charge is 2.25. The summed E-state index contributed by atoms with van der Waals surface area (Å²) in [7, 11) is -3.44. The second-order valence-corrected chi connectivity index (χ2v) is 8.49. The zero-order chi connectivity index (χ0) is 18.6. The monoisotopic (exact) mass is 373 g/mol. The number of benzene rings is 1. The summed E-state index contributed by atoms with van der Waals surface area (Å²) in [6.45, 7) is 3.09. The average Bonchev–Trinajstić information content (AvgIpc) is 2.65. The number of anilines is 1. The minimum atomic E-state index is -3.44. The van der Waals surface area contributed by atoms with E-state index in [1.165, 1.54) is 0 Å². The van der Waals surface area contributed by atoms with Crippen molar-refractivity contribution in [1.29, 1.82) is 0 Å². The van der Waals surface area contributed by atoms with Crippen molar-refractivity contribution in [3.05, 3.63) is 53.7 Å².